The lowest BCUT2D eigenvalue weighted by Gasteiger charge is -2.44. The molecule has 0 spiro atoms. The normalized spacial score (nSPS) is 18.5. The smallest absolute Gasteiger partial charge is 0.333 e. The van der Waals surface area contributed by atoms with Crippen LogP contribution in [0.4, 0.5) is 11.4 Å². The van der Waals surface area contributed by atoms with Gasteiger partial charge in [0.25, 0.3) is 11.8 Å². The molecular weight excluding hydrogens is 1130 g/mol. The van der Waals surface area contributed by atoms with Gasteiger partial charge in [0.05, 0.1) is 95.5 Å². The van der Waals surface area contributed by atoms with Gasteiger partial charge in [0, 0.05) is 97.0 Å². The fraction of sp³-hybridized carbons (Fsp3) is 0.474. The minimum atomic E-state index is -4.99. The number of hydroxylamine groups is 2. The molecule has 0 aromatic heterocycles. The summed E-state index contributed by atoms with van der Waals surface area (Å²) in [6.45, 7) is 9.56. The van der Waals surface area contributed by atoms with Crippen molar-refractivity contribution in [3.8, 4) is 5.75 Å². The first kappa shape index (κ1) is 63.6. The van der Waals surface area contributed by atoms with E-state index in [1.54, 1.807) is 30.8 Å². The van der Waals surface area contributed by atoms with Crippen molar-refractivity contribution in [2.45, 2.75) is 88.0 Å². The van der Waals surface area contributed by atoms with Gasteiger partial charge in [-0.1, -0.05) is 48.6 Å². The van der Waals surface area contributed by atoms with Gasteiger partial charge >= 0.3 is 5.97 Å². The van der Waals surface area contributed by atoms with Gasteiger partial charge in [-0.15, -0.1) is 5.06 Å². The van der Waals surface area contributed by atoms with Crippen LogP contribution in [0.25, 0.3) is 16.9 Å². The standard InChI is InChI=1S/C57H71N3O19S3/c1-56(2)40-43(21-25-74-28-29-76-32-33-77-31-30-75-27-26-73-4)45-38-46-42(36-50(41-12-6-5-7-13-41)78-51(46)39-49(45)59(56)24-11-35-81(67,68)69)14-8-15-52-57(3,22-9-16-55(63)79-60-53(61)19-20-54(60)62)47-37-44(82(70,71)72)17-18-48(47)58(52)23-10-34-80(64,65)66/h5-8,12-15,17-18,36-40H,9-11,16,19-35H2,1-4H3,(H2-,64,65,66,67,68,69,70,71,72)/p-2. The fourth-order valence-electron chi connectivity index (χ4n) is 10.3. The summed E-state index contributed by atoms with van der Waals surface area (Å²) in [5, 5.41) is 0.443. The highest BCUT2D eigenvalue weighted by Gasteiger charge is 2.48. The number of fused-ring (bicyclic) bond motifs is 3. The van der Waals surface area contributed by atoms with E-state index in [2.05, 4.69) is 6.08 Å². The molecule has 82 heavy (non-hydrogen) atoms. The van der Waals surface area contributed by atoms with Gasteiger partial charge in [-0.05, 0) is 81.9 Å². The predicted octanol–water partition coefficient (Wildman–Crippen LogP) is 5.75. The fourth-order valence-corrected chi connectivity index (χ4v) is 11.8. The molecule has 4 heterocycles. The molecule has 22 nitrogen and oxygen atoms in total. The van der Waals surface area contributed by atoms with E-state index in [0.717, 1.165) is 28.5 Å². The Balaban J connectivity index is 1.24. The number of hydrogen-bond donors (Lipinski definition) is 0. The molecule has 0 N–H and O–H groups in total. The molecule has 4 aliphatic rings. The van der Waals surface area contributed by atoms with Gasteiger partial charge in [-0.2, -0.15) is 4.58 Å². The second-order valence-electron chi connectivity index (χ2n) is 20.6. The van der Waals surface area contributed by atoms with Crippen LogP contribution >= 0.6 is 0 Å². The van der Waals surface area contributed by atoms with Crippen LogP contribution in [0.2, 0.25) is 0 Å². The Morgan fingerprint density at radius 3 is 2.00 bits per heavy atom. The Bertz CT molecular complexity index is 3320. The van der Waals surface area contributed by atoms with E-state index in [0.29, 0.717) is 111 Å². The van der Waals surface area contributed by atoms with Crippen molar-refractivity contribution in [2.75, 3.05) is 96.1 Å². The first-order chi connectivity index (χ1) is 38.9. The topological polar surface area (TPSA) is 297 Å². The first-order valence-corrected chi connectivity index (χ1v) is 31.5. The second kappa shape index (κ2) is 28.1. The van der Waals surface area contributed by atoms with Crippen LogP contribution in [0, 0.1) is 0 Å². The number of carbonyl (C=O) groups excluding carboxylic acids is 3. The third-order valence-corrected chi connectivity index (χ3v) is 16.6. The van der Waals surface area contributed by atoms with Crippen molar-refractivity contribution in [3.63, 3.8) is 0 Å². The molecule has 0 aliphatic carbocycles. The highest BCUT2D eigenvalue weighted by molar-refractivity contribution is 7.86. The molecule has 0 saturated carbocycles. The van der Waals surface area contributed by atoms with Crippen LogP contribution in [0.1, 0.15) is 94.4 Å². The lowest BCUT2D eigenvalue weighted by molar-refractivity contribution is -0.437. The maximum Gasteiger partial charge on any atom is 0.333 e. The first-order valence-electron chi connectivity index (χ1n) is 26.9. The maximum atomic E-state index is 13.1. The Hall–Kier alpha value is -5.97. The maximum absolute atomic E-state index is 13.1. The number of ether oxygens (including phenoxy) is 6. The number of hydrogen-bond acceptors (Lipinski definition) is 20. The van der Waals surface area contributed by atoms with E-state index in [1.165, 1.54) is 12.1 Å². The zero-order chi connectivity index (χ0) is 59.3. The van der Waals surface area contributed by atoms with E-state index in [-0.39, 0.29) is 58.0 Å². The second-order valence-corrected chi connectivity index (χ2v) is 25.0. The van der Waals surface area contributed by atoms with Crippen LogP contribution < -0.4 is 9.64 Å². The van der Waals surface area contributed by atoms with Crippen molar-refractivity contribution in [3.05, 3.63) is 113 Å². The monoisotopic (exact) mass is 1200 g/mol. The largest absolute Gasteiger partial charge is 0.748 e. The number of nitrogens with zero attached hydrogens (tertiary/aromatic N) is 3. The molecule has 3 aromatic carbocycles. The number of imide groups is 1. The van der Waals surface area contributed by atoms with Gasteiger partial charge < -0.3 is 51.8 Å². The summed E-state index contributed by atoms with van der Waals surface area (Å²) < 4.78 is 145. The average molecular weight is 1200 g/mol. The SMILES string of the molecule is COCCOCCOCCOCCOCCC1=CC(C)(C)N(CCCS(=O)(=O)[O-])c2cc3c(cc21)/C(=C/C=C/C1=[N+](CCCS(=O)(=O)[O-])c2ccc(S(=O)(=O)[O-])cc2C1(C)CCCC(=O)ON1C(=O)CCC1=O)C=C(c1ccccc1)O3. The number of allylic oxidation sites excluding steroid dienone is 5. The molecule has 1 atom stereocenters. The molecule has 1 unspecified atom stereocenters. The predicted molar refractivity (Wildman–Crippen MR) is 299 cm³/mol. The summed E-state index contributed by atoms with van der Waals surface area (Å²) in [6, 6.07) is 17.1. The van der Waals surface area contributed by atoms with Crippen molar-refractivity contribution in [1.82, 2.24) is 5.06 Å². The molecule has 25 heteroatoms. The Labute approximate surface area is 479 Å². The Kier molecular flexibility index (Phi) is 21.8. The zero-order valence-corrected chi connectivity index (χ0v) is 48.8. The van der Waals surface area contributed by atoms with Crippen molar-refractivity contribution >= 4 is 82.1 Å². The van der Waals surface area contributed by atoms with Crippen LogP contribution in [-0.4, -0.2) is 169 Å². The molecule has 0 radical (unpaired) electrons. The van der Waals surface area contributed by atoms with Crippen LogP contribution in [0.5, 0.6) is 5.75 Å². The molecule has 1 saturated heterocycles. The van der Waals surface area contributed by atoms with Gasteiger partial charge in [0.2, 0.25) is 5.69 Å². The van der Waals surface area contributed by atoms with Gasteiger partial charge in [-0.25, -0.2) is 30.0 Å². The van der Waals surface area contributed by atoms with Crippen molar-refractivity contribution in [2.24, 2.45) is 0 Å². The third kappa shape index (κ3) is 17.1. The van der Waals surface area contributed by atoms with E-state index in [4.69, 9.17) is 33.3 Å². The molecule has 1 fully saturated rings. The molecule has 446 valence electrons. The van der Waals surface area contributed by atoms with Crippen LogP contribution in [0.3, 0.4) is 0 Å². The number of rotatable bonds is 32. The Morgan fingerprint density at radius 2 is 1.38 bits per heavy atom. The number of amides is 2. The molecule has 3 aromatic rings. The average Bonchev–Trinajstić information content (AvgIpc) is 4.07. The molecule has 0 bridgehead atoms. The molecule has 7 rings (SSSR count). The van der Waals surface area contributed by atoms with Gasteiger partial charge in [0.1, 0.15) is 28.2 Å². The molecular formula is C57H69N3O19S3-2. The summed E-state index contributed by atoms with van der Waals surface area (Å²) in [4.78, 5) is 44.2. The quantitative estimate of drug-likeness (QED) is 0.0311. The van der Waals surface area contributed by atoms with E-state index in [9.17, 15) is 53.3 Å². The third-order valence-electron chi connectivity index (χ3n) is 14.2. The van der Waals surface area contributed by atoms with Crippen molar-refractivity contribution < 1.29 is 91.1 Å². The lowest BCUT2D eigenvalue weighted by Crippen LogP contribution is -2.46. The summed E-state index contributed by atoms with van der Waals surface area (Å²) in [6.07, 6.45) is 9.37. The summed E-state index contributed by atoms with van der Waals surface area (Å²) in [7, 11) is -12.6. The number of anilines is 1. The lowest BCUT2D eigenvalue weighted by atomic mass is 9.75. The zero-order valence-electron chi connectivity index (χ0n) is 46.3. The van der Waals surface area contributed by atoms with E-state index < -0.39 is 75.5 Å². The summed E-state index contributed by atoms with van der Waals surface area (Å²) in [5.41, 5.74) is 3.94. The van der Waals surface area contributed by atoms with Crippen LogP contribution in [0.15, 0.2) is 95.9 Å². The van der Waals surface area contributed by atoms with Crippen molar-refractivity contribution in [1.29, 1.82) is 0 Å². The van der Waals surface area contributed by atoms with Crippen LogP contribution in [-0.2, 0) is 78.7 Å². The highest BCUT2D eigenvalue weighted by atomic mass is 32.2. The number of benzene rings is 3. The number of methoxy groups -OCH3 is 1. The van der Waals surface area contributed by atoms with Gasteiger partial charge in [-0.3, -0.25) is 9.59 Å². The minimum absolute atomic E-state index is 0.0349. The summed E-state index contributed by atoms with van der Waals surface area (Å²) in [5.74, 6) is -2.52. The highest BCUT2D eigenvalue weighted by Crippen LogP contribution is 2.48. The van der Waals surface area contributed by atoms with E-state index >= 15 is 0 Å². The van der Waals surface area contributed by atoms with Gasteiger partial charge in [0.15, 0.2) is 5.71 Å². The molecule has 2 amide bonds. The Morgan fingerprint density at radius 1 is 0.756 bits per heavy atom. The number of carbonyl (C=O) groups is 3. The summed E-state index contributed by atoms with van der Waals surface area (Å²) >= 11 is 0. The van der Waals surface area contributed by atoms with E-state index in [1.807, 2.05) is 73.4 Å². The molecule has 4 aliphatic heterocycles. The minimum Gasteiger partial charge on any atom is -0.748 e.